The standard InChI is InChI=1S/C31H37Cl2N3O4S/c1-6-23(5)34-31(38)29(7-2)35(19-24-12-8-21(3)9-13-24)30(37)20-36(27-17-25(32)16-26(33)18-27)41(39,40)28-14-10-22(4)11-15-28/h8-18,23,29H,6-7,19-20H2,1-5H3,(H,34,38)/t23-,29-/m1/s1. The molecule has 1 N–H and O–H groups in total. The van der Waals surface area contributed by atoms with Crippen molar-refractivity contribution >= 4 is 50.7 Å². The van der Waals surface area contributed by atoms with Crippen LogP contribution in [-0.4, -0.2) is 43.8 Å². The second-order valence-corrected chi connectivity index (χ2v) is 12.9. The fourth-order valence-corrected chi connectivity index (χ4v) is 6.21. The number of amides is 2. The molecular weight excluding hydrogens is 581 g/mol. The molecule has 0 radical (unpaired) electrons. The van der Waals surface area contributed by atoms with Crippen molar-refractivity contribution in [1.29, 1.82) is 0 Å². The Bertz CT molecular complexity index is 1440. The predicted octanol–water partition coefficient (Wildman–Crippen LogP) is 6.53. The molecule has 0 saturated carbocycles. The van der Waals surface area contributed by atoms with E-state index in [1.165, 1.54) is 35.2 Å². The zero-order chi connectivity index (χ0) is 30.3. The average molecular weight is 619 g/mol. The van der Waals surface area contributed by atoms with Gasteiger partial charge in [-0.1, -0.05) is 84.6 Å². The summed E-state index contributed by atoms with van der Waals surface area (Å²) in [5.41, 5.74) is 2.91. The summed E-state index contributed by atoms with van der Waals surface area (Å²) >= 11 is 12.5. The van der Waals surface area contributed by atoms with Crippen LogP contribution in [0, 0.1) is 13.8 Å². The number of aryl methyl sites for hydroxylation is 2. The van der Waals surface area contributed by atoms with Gasteiger partial charge >= 0.3 is 0 Å². The monoisotopic (exact) mass is 617 g/mol. The lowest BCUT2D eigenvalue weighted by atomic mass is 10.1. The predicted molar refractivity (Wildman–Crippen MR) is 166 cm³/mol. The molecule has 0 heterocycles. The third-order valence-corrected chi connectivity index (χ3v) is 9.11. The average Bonchev–Trinajstić information content (AvgIpc) is 2.92. The van der Waals surface area contributed by atoms with Crippen LogP contribution < -0.4 is 9.62 Å². The third-order valence-electron chi connectivity index (χ3n) is 6.88. The highest BCUT2D eigenvalue weighted by Gasteiger charge is 2.34. The van der Waals surface area contributed by atoms with Crippen LogP contribution in [0.25, 0.3) is 0 Å². The normalized spacial score (nSPS) is 12.9. The third kappa shape index (κ3) is 8.47. The summed E-state index contributed by atoms with van der Waals surface area (Å²) < 4.78 is 28.9. The highest BCUT2D eigenvalue weighted by Crippen LogP contribution is 2.30. The minimum Gasteiger partial charge on any atom is -0.352 e. The quantitative estimate of drug-likeness (QED) is 0.250. The SMILES string of the molecule is CC[C@@H](C)NC(=O)[C@@H](CC)N(Cc1ccc(C)cc1)C(=O)CN(c1cc(Cl)cc(Cl)c1)S(=O)(=O)c1ccc(C)cc1. The summed E-state index contributed by atoms with van der Waals surface area (Å²) in [6.45, 7) is 9.07. The second kappa shape index (κ2) is 14.2. The number of nitrogens with zero attached hydrogens (tertiary/aromatic N) is 2. The number of hydrogen-bond acceptors (Lipinski definition) is 4. The van der Waals surface area contributed by atoms with E-state index in [4.69, 9.17) is 23.2 Å². The maximum Gasteiger partial charge on any atom is 0.264 e. The summed E-state index contributed by atoms with van der Waals surface area (Å²) in [7, 11) is -4.22. The number of halogens is 2. The number of hydrogen-bond donors (Lipinski definition) is 1. The number of nitrogens with one attached hydrogen (secondary N) is 1. The molecule has 220 valence electrons. The van der Waals surface area contributed by atoms with E-state index in [0.29, 0.717) is 6.42 Å². The van der Waals surface area contributed by atoms with Gasteiger partial charge in [-0.25, -0.2) is 8.42 Å². The van der Waals surface area contributed by atoms with Crippen LogP contribution in [0.2, 0.25) is 10.0 Å². The van der Waals surface area contributed by atoms with Crippen LogP contribution >= 0.6 is 23.2 Å². The molecule has 0 spiro atoms. The number of benzene rings is 3. The molecule has 0 saturated heterocycles. The van der Waals surface area contributed by atoms with Gasteiger partial charge in [-0.2, -0.15) is 0 Å². The van der Waals surface area contributed by atoms with Gasteiger partial charge in [0.1, 0.15) is 12.6 Å². The first-order valence-corrected chi connectivity index (χ1v) is 15.8. The highest BCUT2D eigenvalue weighted by molar-refractivity contribution is 7.92. The smallest absolute Gasteiger partial charge is 0.264 e. The van der Waals surface area contributed by atoms with Gasteiger partial charge in [0.15, 0.2) is 0 Å². The molecule has 0 aromatic heterocycles. The largest absolute Gasteiger partial charge is 0.352 e. The zero-order valence-electron chi connectivity index (χ0n) is 24.0. The first kappa shape index (κ1) is 32.4. The minimum absolute atomic E-state index is 0.0126. The number of anilines is 1. The molecule has 7 nitrogen and oxygen atoms in total. The van der Waals surface area contributed by atoms with E-state index in [0.717, 1.165) is 27.4 Å². The number of sulfonamides is 1. The van der Waals surface area contributed by atoms with Gasteiger partial charge in [0, 0.05) is 22.6 Å². The minimum atomic E-state index is -4.22. The maximum atomic E-state index is 14.1. The topological polar surface area (TPSA) is 86.8 Å². The van der Waals surface area contributed by atoms with Crippen LogP contribution in [0.3, 0.4) is 0 Å². The summed E-state index contributed by atoms with van der Waals surface area (Å²) in [4.78, 5) is 29.0. The molecule has 0 aliphatic carbocycles. The zero-order valence-corrected chi connectivity index (χ0v) is 26.4. The van der Waals surface area contributed by atoms with Gasteiger partial charge in [0.05, 0.1) is 10.6 Å². The Morgan fingerprint density at radius 3 is 1.90 bits per heavy atom. The van der Waals surface area contributed by atoms with Crippen LogP contribution in [0.4, 0.5) is 5.69 Å². The molecule has 41 heavy (non-hydrogen) atoms. The summed E-state index contributed by atoms with van der Waals surface area (Å²) in [5.74, 6) is -0.829. The van der Waals surface area contributed by atoms with E-state index in [-0.39, 0.29) is 39.1 Å². The van der Waals surface area contributed by atoms with Gasteiger partial charge in [-0.3, -0.25) is 13.9 Å². The summed E-state index contributed by atoms with van der Waals surface area (Å²) in [6, 6.07) is 17.5. The molecule has 3 aromatic carbocycles. The van der Waals surface area contributed by atoms with Crippen molar-refractivity contribution in [2.24, 2.45) is 0 Å². The Labute approximate surface area is 253 Å². The maximum absolute atomic E-state index is 14.1. The van der Waals surface area contributed by atoms with E-state index in [2.05, 4.69) is 5.32 Å². The molecule has 0 bridgehead atoms. The Morgan fingerprint density at radius 1 is 0.854 bits per heavy atom. The fraction of sp³-hybridized carbons (Fsp3) is 0.355. The van der Waals surface area contributed by atoms with Gasteiger partial charge in [-0.15, -0.1) is 0 Å². The molecule has 0 unspecified atom stereocenters. The van der Waals surface area contributed by atoms with Crippen LogP contribution in [0.15, 0.2) is 71.6 Å². The van der Waals surface area contributed by atoms with E-state index >= 15 is 0 Å². The molecule has 0 fully saturated rings. The molecule has 0 aliphatic rings. The molecule has 2 atom stereocenters. The summed E-state index contributed by atoms with van der Waals surface area (Å²) in [5, 5.41) is 3.42. The Morgan fingerprint density at radius 2 is 1.39 bits per heavy atom. The van der Waals surface area contributed by atoms with E-state index in [9.17, 15) is 18.0 Å². The lowest BCUT2D eigenvalue weighted by Crippen LogP contribution is -2.53. The Hall–Kier alpha value is -3.07. The molecule has 10 heteroatoms. The number of carbonyl (C=O) groups is 2. The molecule has 3 rings (SSSR count). The van der Waals surface area contributed by atoms with Crippen molar-refractivity contribution in [2.45, 2.75) is 71.0 Å². The van der Waals surface area contributed by atoms with Gasteiger partial charge in [-0.05, 0) is 69.5 Å². The molecule has 3 aromatic rings. The first-order valence-electron chi connectivity index (χ1n) is 13.6. The van der Waals surface area contributed by atoms with Gasteiger partial charge in [0.2, 0.25) is 11.8 Å². The number of rotatable bonds is 12. The second-order valence-electron chi connectivity index (χ2n) is 10.2. The van der Waals surface area contributed by atoms with Crippen molar-refractivity contribution in [3.05, 3.63) is 93.5 Å². The van der Waals surface area contributed by atoms with Crippen molar-refractivity contribution in [1.82, 2.24) is 10.2 Å². The summed E-state index contributed by atoms with van der Waals surface area (Å²) in [6.07, 6.45) is 1.07. The van der Waals surface area contributed by atoms with Crippen LogP contribution in [-0.2, 0) is 26.2 Å². The Kier molecular flexibility index (Phi) is 11.2. The van der Waals surface area contributed by atoms with E-state index in [1.54, 1.807) is 12.1 Å². The van der Waals surface area contributed by atoms with Crippen molar-refractivity contribution in [3.8, 4) is 0 Å². The number of carbonyl (C=O) groups excluding carboxylic acids is 2. The Balaban J connectivity index is 2.09. The highest BCUT2D eigenvalue weighted by atomic mass is 35.5. The van der Waals surface area contributed by atoms with Crippen molar-refractivity contribution in [3.63, 3.8) is 0 Å². The van der Waals surface area contributed by atoms with E-state index < -0.39 is 28.5 Å². The first-order chi connectivity index (χ1) is 19.3. The fourth-order valence-electron chi connectivity index (χ4n) is 4.30. The van der Waals surface area contributed by atoms with E-state index in [1.807, 2.05) is 58.9 Å². The lowest BCUT2D eigenvalue weighted by Gasteiger charge is -2.33. The van der Waals surface area contributed by atoms with Crippen LogP contribution in [0.1, 0.15) is 50.3 Å². The van der Waals surface area contributed by atoms with Crippen LogP contribution in [0.5, 0.6) is 0 Å². The van der Waals surface area contributed by atoms with Gasteiger partial charge < -0.3 is 10.2 Å². The lowest BCUT2D eigenvalue weighted by molar-refractivity contribution is -0.140. The van der Waals surface area contributed by atoms with Crippen molar-refractivity contribution in [2.75, 3.05) is 10.8 Å². The molecule has 0 aliphatic heterocycles. The molecular formula is C31H37Cl2N3O4S. The molecule has 2 amide bonds. The van der Waals surface area contributed by atoms with Gasteiger partial charge in [0.25, 0.3) is 10.0 Å². The van der Waals surface area contributed by atoms with Crippen molar-refractivity contribution < 1.29 is 18.0 Å².